The molecule has 2 aromatic rings. The van der Waals surface area contributed by atoms with Crippen molar-refractivity contribution in [1.29, 1.82) is 0 Å². The Hall–Kier alpha value is -2.28. The minimum atomic E-state index is -0.461. The topological polar surface area (TPSA) is 108 Å². The van der Waals surface area contributed by atoms with Crippen LogP contribution in [0, 0.1) is 10.1 Å². The maximum atomic E-state index is 10.5. The summed E-state index contributed by atoms with van der Waals surface area (Å²) in [4.78, 5) is 14.1. The van der Waals surface area contributed by atoms with Crippen LogP contribution in [-0.2, 0) is 6.42 Å². The standard InChI is InChI=1S/C10H10N4O3/c11-6-5-9-12-10(17-13-9)7-1-3-8(4-2-7)14(15)16/h1-4H,5-6,11H2. The van der Waals surface area contributed by atoms with E-state index in [1.54, 1.807) is 12.1 Å². The van der Waals surface area contributed by atoms with Crippen LogP contribution in [0.2, 0.25) is 0 Å². The number of rotatable bonds is 4. The summed E-state index contributed by atoms with van der Waals surface area (Å²) in [5.74, 6) is 0.865. The second-order valence-electron chi connectivity index (χ2n) is 3.36. The largest absolute Gasteiger partial charge is 0.334 e. The van der Waals surface area contributed by atoms with Crippen LogP contribution < -0.4 is 5.73 Å². The third-order valence-electron chi connectivity index (χ3n) is 2.16. The summed E-state index contributed by atoms with van der Waals surface area (Å²) in [6.07, 6.45) is 0.538. The Labute approximate surface area is 96.4 Å². The van der Waals surface area contributed by atoms with Crippen LogP contribution in [0.25, 0.3) is 11.5 Å². The first kappa shape index (κ1) is 11.2. The van der Waals surface area contributed by atoms with E-state index in [2.05, 4.69) is 10.1 Å². The van der Waals surface area contributed by atoms with E-state index in [4.69, 9.17) is 10.3 Å². The zero-order valence-electron chi connectivity index (χ0n) is 8.87. The third-order valence-corrected chi connectivity index (χ3v) is 2.16. The summed E-state index contributed by atoms with van der Waals surface area (Å²) in [5.41, 5.74) is 6.03. The maximum absolute atomic E-state index is 10.5. The molecule has 0 atom stereocenters. The molecule has 0 amide bonds. The monoisotopic (exact) mass is 234 g/mol. The van der Waals surface area contributed by atoms with Crippen molar-refractivity contribution in [3.63, 3.8) is 0 Å². The lowest BCUT2D eigenvalue weighted by Crippen LogP contribution is -2.03. The molecule has 0 saturated heterocycles. The van der Waals surface area contributed by atoms with E-state index in [-0.39, 0.29) is 5.69 Å². The lowest BCUT2D eigenvalue weighted by molar-refractivity contribution is -0.384. The highest BCUT2D eigenvalue weighted by molar-refractivity contribution is 5.55. The average molecular weight is 234 g/mol. The molecule has 7 nitrogen and oxygen atoms in total. The van der Waals surface area contributed by atoms with Crippen molar-refractivity contribution in [3.05, 3.63) is 40.2 Å². The fraction of sp³-hybridized carbons (Fsp3) is 0.200. The second kappa shape index (κ2) is 4.71. The van der Waals surface area contributed by atoms with Gasteiger partial charge in [-0.3, -0.25) is 10.1 Å². The smallest absolute Gasteiger partial charge is 0.269 e. The predicted octanol–water partition coefficient (Wildman–Crippen LogP) is 1.15. The van der Waals surface area contributed by atoms with Crippen LogP contribution in [0.4, 0.5) is 5.69 Å². The van der Waals surface area contributed by atoms with E-state index < -0.39 is 4.92 Å². The first-order valence-electron chi connectivity index (χ1n) is 4.98. The van der Waals surface area contributed by atoms with Crippen LogP contribution in [0.1, 0.15) is 5.82 Å². The molecule has 0 spiro atoms. The summed E-state index contributed by atoms with van der Waals surface area (Å²) in [7, 11) is 0. The number of aromatic nitrogens is 2. The Morgan fingerprint density at radius 3 is 2.65 bits per heavy atom. The molecule has 17 heavy (non-hydrogen) atoms. The van der Waals surface area contributed by atoms with Gasteiger partial charge in [0.1, 0.15) is 0 Å². The number of nitro benzene ring substituents is 1. The highest BCUT2D eigenvalue weighted by Gasteiger charge is 2.10. The van der Waals surface area contributed by atoms with Crippen molar-refractivity contribution < 1.29 is 9.45 Å². The van der Waals surface area contributed by atoms with Crippen molar-refractivity contribution in [2.75, 3.05) is 6.54 Å². The van der Waals surface area contributed by atoms with Gasteiger partial charge >= 0.3 is 0 Å². The van der Waals surface area contributed by atoms with Crippen LogP contribution in [0.15, 0.2) is 28.8 Å². The summed E-state index contributed by atoms with van der Waals surface area (Å²) < 4.78 is 5.02. The molecule has 0 radical (unpaired) electrons. The fourth-order valence-corrected chi connectivity index (χ4v) is 1.33. The molecule has 1 aromatic carbocycles. The molecule has 0 aliphatic carbocycles. The lowest BCUT2D eigenvalue weighted by Gasteiger charge is -1.93. The van der Waals surface area contributed by atoms with Gasteiger partial charge in [0.25, 0.3) is 11.6 Å². The molecule has 0 unspecified atom stereocenters. The van der Waals surface area contributed by atoms with Gasteiger partial charge in [0.15, 0.2) is 5.82 Å². The summed E-state index contributed by atoms with van der Waals surface area (Å²) in [6, 6.07) is 5.92. The van der Waals surface area contributed by atoms with E-state index in [0.29, 0.717) is 30.2 Å². The molecule has 0 aliphatic heterocycles. The lowest BCUT2D eigenvalue weighted by atomic mass is 10.2. The van der Waals surface area contributed by atoms with Gasteiger partial charge < -0.3 is 10.3 Å². The number of hydrogen-bond donors (Lipinski definition) is 1. The van der Waals surface area contributed by atoms with E-state index in [9.17, 15) is 10.1 Å². The highest BCUT2D eigenvalue weighted by Crippen LogP contribution is 2.20. The zero-order chi connectivity index (χ0) is 12.3. The van der Waals surface area contributed by atoms with Crippen molar-refractivity contribution in [3.8, 4) is 11.5 Å². The van der Waals surface area contributed by atoms with Gasteiger partial charge in [0.2, 0.25) is 0 Å². The van der Waals surface area contributed by atoms with Gasteiger partial charge in [-0.05, 0) is 18.7 Å². The zero-order valence-corrected chi connectivity index (χ0v) is 8.87. The Kier molecular flexibility index (Phi) is 3.10. The molecule has 1 heterocycles. The van der Waals surface area contributed by atoms with Crippen molar-refractivity contribution in [2.45, 2.75) is 6.42 Å². The molecule has 2 N–H and O–H groups in total. The first-order valence-corrected chi connectivity index (χ1v) is 4.98. The van der Waals surface area contributed by atoms with Gasteiger partial charge in [-0.1, -0.05) is 5.16 Å². The molecule has 88 valence electrons. The van der Waals surface area contributed by atoms with Crippen molar-refractivity contribution in [2.24, 2.45) is 5.73 Å². The summed E-state index contributed by atoms with van der Waals surface area (Å²) in [6.45, 7) is 0.444. The minimum Gasteiger partial charge on any atom is -0.334 e. The minimum absolute atomic E-state index is 0.0236. The maximum Gasteiger partial charge on any atom is 0.269 e. The SMILES string of the molecule is NCCc1noc(-c2ccc([N+](=O)[O-])cc2)n1. The van der Waals surface area contributed by atoms with Gasteiger partial charge in [-0.15, -0.1) is 0 Å². The normalized spacial score (nSPS) is 10.4. The van der Waals surface area contributed by atoms with E-state index in [0.717, 1.165) is 0 Å². The van der Waals surface area contributed by atoms with Crippen LogP contribution in [-0.4, -0.2) is 21.6 Å². The van der Waals surface area contributed by atoms with Crippen molar-refractivity contribution in [1.82, 2.24) is 10.1 Å². The number of nitrogens with zero attached hydrogens (tertiary/aromatic N) is 3. The molecule has 0 fully saturated rings. The number of non-ortho nitro benzene ring substituents is 1. The molecule has 0 saturated carbocycles. The second-order valence-corrected chi connectivity index (χ2v) is 3.36. The molecular weight excluding hydrogens is 224 g/mol. The Morgan fingerprint density at radius 2 is 2.06 bits per heavy atom. The van der Waals surface area contributed by atoms with Gasteiger partial charge in [-0.2, -0.15) is 4.98 Å². The predicted molar refractivity (Wildman–Crippen MR) is 59.1 cm³/mol. The Morgan fingerprint density at radius 1 is 1.35 bits per heavy atom. The van der Waals surface area contributed by atoms with E-state index in [1.165, 1.54) is 12.1 Å². The van der Waals surface area contributed by atoms with Crippen LogP contribution >= 0.6 is 0 Å². The first-order chi connectivity index (χ1) is 8.20. The molecule has 7 heteroatoms. The van der Waals surface area contributed by atoms with E-state index >= 15 is 0 Å². The quantitative estimate of drug-likeness (QED) is 0.627. The van der Waals surface area contributed by atoms with Gasteiger partial charge in [-0.25, -0.2) is 0 Å². The van der Waals surface area contributed by atoms with E-state index in [1.807, 2.05) is 0 Å². The number of nitrogens with two attached hydrogens (primary N) is 1. The fourth-order valence-electron chi connectivity index (χ4n) is 1.33. The molecule has 2 rings (SSSR count). The molecule has 1 aromatic heterocycles. The number of benzene rings is 1. The molecular formula is C10H10N4O3. The third kappa shape index (κ3) is 2.45. The van der Waals surface area contributed by atoms with Gasteiger partial charge in [0, 0.05) is 24.1 Å². The number of nitro groups is 1. The Bertz CT molecular complexity index is 521. The highest BCUT2D eigenvalue weighted by atomic mass is 16.6. The Balaban J connectivity index is 2.23. The molecule has 0 aliphatic rings. The summed E-state index contributed by atoms with van der Waals surface area (Å²) >= 11 is 0. The average Bonchev–Trinajstić information content (AvgIpc) is 2.78. The number of hydrogen-bond acceptors (Lipinski definition) is 6. The van der Waals surface area contributed by atoms with Gasteiger partial charge in [0.05, 0.1) is 4.92 Å². The summed E-state index contributed by atoms with van der Waals surface area (Å²) in [5, 5.41) is 14.2. The van der Waals surface area contributed by atoms with Crippen LogP contribution in [0.5, 0.6) is 0 Å². The molecule has 0 bridgehead atoms. The van der Waals surface area contributed by atoms with Crippen molar-refractivity contribution >= 4 is 5.69 Å². The van der Waals surface area contributed by atoms with Crippen LogP contribution in [0.3, 0.4) is 0 Å².